The number of nitriles is 1. The zero-order valence-corrected chi connectivity index (χ0v) is 18.7. The lowest BCUT2D eigenvalue weighted by molar-refractivity contribution is -0.118. The van der Waals surface area contributed by atoms with Crippen LogP contribution in [-0.2, 0) is 11.2 Å². The van der Waals surface area contributed by atoms with E-state index in [-0.39, 0.29) is 24.0 Å². The summed E-state index contributed by atoms with van der Waals surface area (Å²) in [6.07, 6.45) is 1.76. The van der Waals surface area contributed by atoms with Crippen molar-refractivity contribution >= 4 is 5.78 Å². The Morgan fingerprint density at radius 2 is 2.09 bits per heavy atom. The van der Waals surface area contributed by atoms with E-state index in [1.165, 1.54) is 11.1 Å². The van der Waals surface area contributed by atoms with Crippen molar-refractivity contribution in [3.05, 3.63) is 53.1 Å². The molecule has 3 aromatic rings. The molecule has 2 atom stereocenters. The Bertz CT molecular complexity index is 1190. The number of ketones is 1. The smallest absolute Gasteiger partial charge is 0.258 e. The number of hydrogen-bond donors (Lipinski definition) is 1. The number of rotatable bonds is 7. The minimum absolute atomic E-state index is 0.0279. The summed E-state index contributed by atoms with van der Waals surface area (Å²) in [5.41, 5.74) is 4.36. The normalized spacial score (nSPS) is 15.9. The maximum absolute atomic E-state index is 11.7. The number of carbonyl (C=O) groups is 1. The molecule has 0 radical (unpaired) electrons. The van der Waals surface area contributed by atoms with Gasteiger partial charge >= 0.3 is 0 Å². The van der Waals surface area contributed by atoms with Crippen molar-refractivity contribution in [2.75, 3.05) is 0 Å². The van der Waals surface area contributed by atoms with E-state index in [1.54, 1.807) is 19.1 Å². The Morgan fingerprint density at radius 1 is 1.28 bits per heavy atom. The second-order valence-electron chi connectivity index (χ2n) is 8.38. The van der Waals surface area contributed by atoms with Gasteiger partial charge in [-0.25, -0.2) is 0 Å². The molecule has 0 spiro atoms. The van der Waals surface area contributed by atoms with Crippen molar-refractivity contribution in [1.29, 1.82) is 5.26 Å². The fourth-order valence-electron chi connectivity index (χ4n) is 4.01. The molecule has 0 aliphatic heterocycles. The van der Waals surface area contributed by atoms with Gasteiger partial charge in [-0.05, 0) is 69.9 Å². The molecule has 7 heteroatoms. The van der Waals surface area contributed by atoms with Crippen LogP contribution in [0, 0.1) is 11.3 Å². The molecule has 0 fully saturated rings. The largest absolute Gasteiger partial charge is 0.490 e. The number of aromatic nitrogens is 2. The Labute approximate surface area is 187 Å². The standard InChI is InChI=1S/C25H26N4O3/c1-14(2)31-23-11-8-17(12-18(23)13-26)25-28-24(29-32-25)21-7-5-6-20-19(21)9-10-22(20)27-15(3)16(4)30/h5-8,11-12,14-15,22,27H,9-10H2,1-4H3/t15-,22+/m0/s1. The molecule has 0 unspecified atom stereocenters. The highest BCUT2D eigenvalue weighted by Gasteiger charge is 2.28. The lowest BCUT2D eigenvalue weighted by Gasteiger charge is -2.18. The van der Waals surface area contributed by atoms with Gasteiger partial charge in [-0.1, -0.05) is 23.4 Å². The molecule has 2 aromatic carbocycles. The predicted octanol–water partition coefficient (Wildman–Crippen LogP) is 4.62. The summed E-state index contributed by atoms with van der Waals surface area (Å²) in [5, 5.41) is 17.1. The van der Waals surface area contributed by atoms with Gasteiger partial charge < -0.3 is 14.6 Å². The zero-order chi connectivity index (χ0) is 22.8. The second-order valence-corrected chi connectivity index (χ2v) is 8.38. The maximum atomic E-state index is 11.7. The highest BCUT2D eigenvalue weighted by molar-refractivity contribution is 5.81. The number of nitrogens with one attached hydrogen (secondary N) is 1. The van der Waals surface area contributed by atoms with Gasteiger partial charge in [0.1, 0.15) is 17.6 Å². The molecular weight excluding hydrogens is 404 g/mol. The van der Waals surface area contributed by atoms with Crippen LogP contribution in [0.3, 0.4) is 0 Å². The van der Waals surface area contributed by atoms with Crippen LogP contribution in [0.1, 0.15) is 56.8 Å². The van der Waals surface area contributed by atoms with Crippen molar-refractivity contribution in [2.24, 2.45) is 0 Å². The molecular formula is C25H26N4O3. The molecule has 164 valence electrons. The first kappa shape index (κ1) is 21.7. The van der Waals surface area contributed by atoms with Gasteiger partial charge in [0.25, 0.3) is 5.89 Å². The van der Waals surface area contributed by atoms with Gasteiger partial charge in [-0.3, -0.25) is 4.79 Å². The first-order chi connectivity index (χ1) is 15.4. The summed E-state index contributed by atoms with van der Waals surface area (Å²) in [6, 6.07) is 13.4. The van der Waals surface area contributed by atoms with Crippen LogP contribution in [0.2, 0.25) is 0 Å². The number of benzene rings is 2. The molecule has 1 aliphatic carbocycles. The number of Topliss-reactive ketones (excluding diaryl/α,β-unsaturated/α-hetero) is 1. The highest BCUT2D eigenvalue weighted by Crippen LogP contribution is 2.38. The van der Waals surface area contributed by atoms with Gasteiger partial charge in [-0.2, -0.15) is 10.2 Å². The number of hydrogen-bond acceptors (Lipinski definition) is 7. The van der Waals surface area contributed by atoms with Gasteiger partial charge in [0, 0.05) is 17.2 Å². The van der Waals surface area contributed by atoms with E-state index in [9.17, 15) is 10.1 Å². The maximum Gasteiger partial charge on any atom is 0.258 e. The van der Waals surface area contributed by atoms with Crippen LogP contribution >= 0.6 is 0 Å². The van der Waals surface area contributed by atoms with E-state index in [0.717, 1.165) is 18.4 Å². The van der Waals surface area contributed by atoms with Crippen LogP contribution in [0.15, 0.2) is 40.9 Å². The Balaban J connectivity index is 1.62. The minimum atomic E-state index is -0.191. The van der Waals surface area contributed by atoms with E-state index in [0.29, 0.717) is 28.6 Å². The molecule has 0 saturated carbocycles. The van der Waals surface area contributed by atoms with Gasteiger partial charge in [0.15, 0.2) is 0 Å². The lowest BCUT2D eigenvalue weighted by Crippen LogP contribution is -2.34. The van der Waals surface area contributed by atoms with Crippen molar-refractivity contribution < 1.29 is 14.1 Å². The van der Waals surface area contributed by atoms with E-state index in [2.05, 4.69) is 27.6 Å². The van der Waals surface area contributed by atoms with E-state index in [4.69, 9.17) is 9.26 Å². The summed E-state index contributed by atoms with van der Waals surface area (Å²) in [4.78, 5) is 16.3. The SMILES string of the molecule is CC(=O)[C@H](C)N[C@@H]1CCc2c(-c3noc(-c4ccc(OC(C)C)c(C#N)c4)n3)cccc21. The minimum Gasteiger partial charge on any atom is -0.490 e. The average molecular weight is 431 g/mol. The van der Waals surface area contributed by atoms with Crippen molar-refractivity contribution in [3.63, 3.8) is 0 Å². The van der Waals surface area contributed by atoms with Crippen LogP contribution in [0.5, 0.6) is 5.75 Å². The van der Waals surface area contributed by atoms with Crippen molar-refractivity contribution in [3.8, 4) is 34.7 Å². The Hall–Kier alpha value is -3.50. The first-order valence-electron chi connectivity index (χ1n) is 10.8. The fraction of sp³-hybridized carbons (Fsp3) is 0.360. The van der Waals surface area contributed by atoms with Gasteiger partial charge in [-0.15, -0.1) is 0 Å². The molecule has 1 aliphatic rings. The number of nitrogens with zero attached hydrogens (tertiary/aromatic N) is 3. The summed E-state index contributed by atoms with van der Waals surface area (Å²) < 4.78 is 11.2. The molecule has 1 heterocycles. The molecule has 7 nitrogen and oxygen atoms in total. The van der Waals surface area contributed by atoms with E-state index < -0.39 is 0 Å². The molecule has 0 saturated heterocycles. The Morgan fingerprint density at radius 3 is 2.81 bits per heavy atom. The second kappa shape index (κ2) is 8.93. The van der Waals surface area contributed by atoms with E-state index >= 15 is 0 Å². The summed E-state index contributed by atoms with van der Waals surface area (Å²) in [7, 11) is 0. The predicted molar refractivity (Wildman–Crippen MR) is 120 cm³/mol. The zero-order valence-electron chi connectivity index (χ0n) is 18.7. The van der Waals surface area contributed by atoms with Crippen LogP contribution in [0.4, 0.5) is 0 Å². The summed E-state index contributed by atoms with van der Waals surface area (Å²) >= 11 is 0. The molecule has 1 aromatic heterocycles. The molecule has 4 rings (SSSR count). The van der Waals surface area contributed by atoms with Gasteiger partial charge in [0.2, 0.25) is 5.82 Å². The summed E-state index contributed by atoms with van der Waals surface area (Å²) in [6.45, 7) is 7.32. The van der Waals surface area contributed by atoms with Crippen molar-refractivity contribution in [1.82, 2.24) is 15.5 Å². The number of ether oxygens (including phenoxy) is 1. The third-order valence-corrected chi connectivity index (χ3v) is 5.71. The highest BCUT2D eigenvalue weighted by atomic mass is 16.5. The molecule has 0 amide bonds. The molecule has 0 bridgehead atoms. The fourth-order valence-corrected chi connectivity index (χ4v) is 4.01. The Kier molecular flexibility index (Phi) is 6.06. The third-order valence-electron chi connectivity index (χ3n) is 5.71. The number of carbonyl (C=O) groups excluding carboxylic acids is 1. The van der Waals surface area contributed by atoms with Crippen LogP contribution in [-0.4, -0.2) is 28.1 Å². The first-order valence-corrected chi connectivity index (χ1v) is 10.8. The molecule has 1 N–H and O–H groups in total. The third kappa shape index (κ3) is 4.27. The summed E-state index contributed by atoms with van der Waals surface area (Å²) in [5.74, 6) is 1.52. The van der Waals surface area contributed by atoms with E-state index in [1.807, 2.05) is 39.0 Å². The van der Waals surface area contributed by atoms with Crippen LogP contribution < -0.4 is 10.1 Å². The monoisotopic (exact) mass is 430 g/mol. The number of fused-ring (bicyclic) bond motifs is 1. The lowest BCUT2D eigenvalue weighted by atomic mass is 10.0. The molecule has 32 heavy (non-hydrogen) atoms. The average Bonchev–Trinajstić information content (AvgIpc) is 3.41. The van der Waals surface area contributed by atoms with Crippen molar-refractivity contribution in [2.45, 2.75) is 58.7 Å². The topological polar surface area (TPSA) is 101 Å². The quantitative estimate of drug-likeness (QED) is 0.584. The van der Waals surface area contributed by atoms with Gasteiger partial charge in [0.05, 0.1) is 17.7 Å². The van der Waals surface area contributed by atoms with Crippen LogP contribution in [0.25, 0.3) is 22.8 Å².